The molecule has 0 aliphatic carbocycles. The van der Waals surface area contributed by atoms with Gasteiger partial charge in [-0.25, -0.2) is 0 Å². The number of benzene rings is 3. The van der Waals surface area contributed by atoms with E-state index < -0.39 is 37.9 Å². The molecule has 0 atom stereocenters. The first-order chi connectivity index (χ1) is 26.3. The van der Waals surface area contributed by atoms with Crippen molar-refractivity contribution in [3.8, 4) is 0 Å². The van der Waals surface area contributed by atoms with E-state index >= 15 is 0 Å². The van der Waals surface area contributed by atoms with Gasteiger partial charge in [-0.05, 0) is 63.5 Å². The van der Waals surface area contributed by atoms with Crippen molar-refractivity contribution in [1.82, 2.24) is 15.0 Å². The summed E-state index contributed by atoms with van der Waals surface area (Å²) in [5.74, 6) is 0. The summed E-state index contributed by atoms with van der Waals surface area (Å²) in [5, 5.41) is 0. The van der Waals surface area contributed by atoms with Gasteiger partial charge in [0.05, 0.1) is 50.4 Å². The molecule has 10 rings (SSSR count). The van der Waals surface area contributed by atoms with Crippen molar-refractivity contribution >= 4 is 0 Å². The number of hydrogen-bond acceptors (Lipinski definition) is 3. The summed E-state index contributed by atoms with van der Waals surface area (Å²) in [5.41, 5.74) is 7.33. The molecule has 57 heavy (non-hydrogen) atoms. The van der Waals surface area contributed by atoms with Crippen LogP contribution >= 0.6 is 0 Å². The number of rotatable bonds is 0. The molecule has 3 nitrogen and oxygen atoms in total. The van der Waals surface area contributed by atoms with Crippen molar-refractivity contribution < 1.29 is 20.1 Å². The zero-order valence-corrected chi connectivity index (χ0v) is 38.0. The zero-order valence-electron chi connectivity index (χ0n) is 35.6. The van der Waals surface area contributed by atoms with E-state index in [-0.39, 0.29) is 25.5 Å². The maximum absolute atomic E-state index is 5.96. The van der Waals surface area contributed by atoms with Gasteiger partial charge in [0.15, 0.2) is 0 Å². The van der Waals surface area contributed by atoms with Crippen LogP contribution in [-0.2, 0) is 41.8 Å². The first kappa shape index (κ1) is 39.6. The minimum Gasteiger partial charge on any atom is -0.255 e. The standard InChI is InChI=1S/C53H54N3.Ir/c1-46(2,3)50-34-19-13-22-37(31-34)51(47(4,5)6)40-25-16-27-42(54-40)52(48(7,8)9,38-23-14-20-35(50)32-38)44-29-18-30-45(56-44)53(49(10,11)12,39-24-15-21-36(50)33-39)43-28-17-26-41(51)55-43;/h13-30H,1-12H3;/q-3;+3. The molecule has 0 unspecified atom stereocenters. The average Bonchev–Trinajstić information content (AvgIpc) is 3.11. The quantitative estimate of drug-likeness (QED) is 0.143. The summed E-state index contributed by atoms with van der Waals surface area (Å²) in [4.78, 5) is 17.9. The number of nitrogens with zero attached hydrogens (tertiary/aromatic N) is 3. The van der Waals surface area contributed by atoms with E-state index in [2.05, 4.69) is 210 Å². The molecule has 3 aromatic heterocycles. The minimum atomic E-state index is -0.820. The smallest absolute Gasteiger partial charge is 0.255 e. The maximum Gasteiger partial charge on any atom is 3.00 e. The van der Waals surface area contributed by atoms with E-state index in [1.807, 2.05) is 0 Å². The second kappa shape index (κ2) is 12.4. The number of pyridine rings is 3. The second-order valence-corrected chi connectivity index (χ2v) is 20.7. The summed E-state index contributed by atoms with van der Waals surface area (Å²) in [7, 11) is 0. The molecule has 4 heteroatoms. The first-order valence-corrected chi connectivity index (χ1v) is 20.3. The van der Waals surface area contributed by atoms with Gasteiger partial charge in [-0.3, -0.25) is 15.0 Å². The summed E-state index contributed by atoms with van der Waals surface area (Å²) in [6.07, 6.45) is 0. The monoisotopic (exact) mass is 925 g/mol. The third kappa shape index (κ3) is 4.78. The largest absolute Gasteiger partial charge is 3.00 e. The topological polar surface area (TPSA) is 38.7 Å². The van der Waals surface area contributed by atoms with Crippen molar-refractivity contribution in [2.24, 2.45) is 21.7 Å². The van der Waals surface area contributed by atoms with Crippen LogP contribution in [0.1, 0.15) is 151 Å². The molecule has 0 saturated heterocycles. The van der Waals surface area contributed by atoms with Crippen LogP contribution < -0.4 is 0 Å². The summed E-state index contributed by atoms with van der Waals surface area (Å²) < 4.78 is 0. The van der Waals surface area contributed by atoms with Crippen LogP contribution in [0.3, 0.4) is 0 Å². The van der Waals surface area contributed by atoms with E-state index in [1.54, 1.807) is 0 Å². The molecule has 0 saturated carbocycles. The summed E-state index contributed by atoms with van der Waals surface area (Å²) >= 11 is 0. The summed E-state index contributed by atoms with van der Waals surface area (Å²) in [6.45, 7) is 28.3. The van der Waals surface area contributed by atoms with Gasteiger partial charge in [0.1, 0.15) is 0 Å². The van der Waals surface area contributed by atoms with E-state index in [4.69, 9.17) is 15.0 Å². The Morgan fingerprint density at radius 3 is 0.667 bits per heavy atom. The van der Waals surface area contributed by atoms with Crippen LogP contribution in [0.25, 0.3) is 0 Å². The Morgan fingerprint density at radius 1 is 0.298 bits per heavy atom. The van der Waals surface area contributed by atoms with Gasteiger partial charge in [0.25, 0.3) is 0 Å². The van der Waals surface area contributed by atoms with Crippen molar-refractivity contribution in [2.75, 3.05) is 0 Å². The zero-order chi connectivity index (χ0) is 39.9. The molecule has 6 aromatic rings. The maximum atomic E-state index is 5.96. The predicted octanol–water partition coefficient (Wildman–Crippen LogP) is 11.7. The van der Waals surface area contributed by atoms with Gasteiger partial charge < -0.3 is 0 Å². The Balaban J connectivity index is 0.00000455. The average molecular weight is 925 g/mol. The molecule has 3 aromatic carbocycles. The molecule has 4 aliphatic rings. The molecular weight excluding hydrogens is 871 g/mol. The minimum absolute atomic E-state index is 0. The van der Waals surface area contributed by atoms with E-state index in [9.17, 15) is 0 Å². The Bertz CT molecular complexity index is 1980. The normalized spacial score (nSPS) is 24.6. The van der Waals surface area contributed by atoms with Gasteiger partial charge in [-0.15, -0.1) is 16.7 Å². The van der Waals surface area contributed by atoms with Gasteiger partial charge in [0, 0.05) is 0 Å². The fourth-order valence-electron chi connectivity index (χ4n) is 11.7. The molecule has 4 aliphatic heterocycles. The SMILES string of the molecule is CC(C)(C)C12c3[c-]c(ccc3)C3(C(C)(C)C)c4cccc(n4)C(C(C)(C)C)(c4[c-]c1ccc4)c1cccc(n1)C(C(C)(C)C)(c1[c-]c2ccc1)c1cccc3n1.[Ir+3]. The molecule has 7 heterocycles. The summed E-state index contributed by atoms with van der Waals surface area (Å²) in [6, 6.07) is 53.0. The Labute approximate surface area is 354 Å². The van der Waals surface area contributed by atoms with Crippen LogP contribution in [0.15, 0.2) is 109 Å². The van der Waals surface area contributed by atoms with Gasteiger partial charge in [-0.1, -0.05) is 101 Å². The van der Waals surface area contributed by atoms with Crippen LogP contribution in [0.2, 0.25) is 0 Å². The van der Waals surface area contributed by atoms with Gasteiger partial charge in [0.2, 0.25) is 0 Å². The van der Waals surface area contributed by atoms with E-state index in [1.165, 1.54) is 0 Å². The molecular formula is C53H54IrN3. The van der Waals surface area contributed by atoms with Gasteiger partial charge in [-0.2, -0.15) is 89.5 Å². The molecule has 0 amide bonds. The molecule has 0 N–H and O–H groups in total. The second-order valence-electron chi connectivity index (χ2n) is 20.7. The van der Waals surface area contributed by atoms with Crippen LogP contribution in [0, 0.1) is 39.9 Å². The van der Waals surface area contributed by atoms with Crippen molar-refractivity contribution in [3.63, 3.8) is 0 Å². The fourth-order valence-corrected chi connectivity index (χ4v) is 11.7. The Morgan fingerprint density at radius 2 is 0.474 bits per heavy atom. The molecule has 0 spiro atoms. The number of aromatic nitrogens is 3. The molecule has 290 valence electrons. The van der Waals surface area contributed by atoms with E-state index in [0.29, 0.717) is 0 Å². The molecule has 0 fully saturated rings. The van der Waals surface area contributed by atoms with Crippen molar-refractivity contribution in [2.45, 2.75) is 105 Å². The third-order valence-corrected chi connectivity index (χ3v) is 13.9. The number of hydrogen-bond donors (Lipinski definition) is 0. The van der Waals surface area contributed by atoms with Crippen molar-refractivity contribution in [1.29, 1.82) is 0 Å². The Kier molecular flexibility index (Phi) is 8.60. The van der Waals surface area contributed by atoms with Crippen molar-refractivity contribution in [3.05, 3.63) is 195 Å². The Hall–Kier alpha value is -4.24. The van der Waals surface area contributed by atoms with E-state index in [0.717, 1.165) is 67.5 Å². The molecule has 16 bridgehead atoms. The molecule has 0 radical (unpaired) electrons. The van der Waals surface area contributed by atoms with Crippen LogP contribution in [0.4, 0.5) is 0 Å². The van der Waals surface area contributed by atoms with Crippen LogP contribution in [-0.4, -0.2) is 15.0 Å². The third-order valence-electron chi connectivity index (χ3n) is 13.9. The van der Waals surface area contributed by atoms with Crippen LogP contribution in [0.5, 0.6) is 0 Å². The predicted molar refractivity (Wildman–Crippen MR) is 226 cm³/mol. The fraction of sp³-hybridized carbons (Fsp3) is 0.377. The first-order valence-electron chi connectivity index (χ1n) is 20.3. The van der Waals surface area contributed by atoms with Gasteiger partial charge >= 0.3 is 20.1 Å².